The molecule has 0 aliphatic heterocycles. The number of hydrogen-bond acceptors (Lipinski definition) is 4. The molecule has 1 aromatic rings. The Morgan fingerprint density at radius 3 is 2.59 bits per heavy atom. The topological polar surface area (TPSA) is 75.7 Å². The second-order valence-electron chi connectivity index (χ2n) is 3.23. The van der Waals surface area contributed by atoms with Crippen molar-refractivity contribution in [2.45, 2.75) is 0 Å². The quantitative estimate of drug-likeness (QED) is 0.334. The van der Waals surface area contributed by atoms with Gasteiger partial charge in [0.15, 0.2) is 5.75 Å². The molecule has 1 aromatic carbocycles. The maximum absolute atomic E-state index is 9.29. The highest BCUT2D eigenvalue weighted by molar-refractivity contribution is 6.31. The normalized spacial score (nSPS) is 11.0. The summed E-state index contributed by atoms with van der Waals surface area (Å²) in [6, 6.07) is 4.22. The van der Waals surface area contributed by atoms with E-state index in [0.29, 0.717) is 5.69 Å². The van der Waals surface area contributed by atoms with Gasteiger partial charge in [0.05, 0.1) is 10.7 Å². The van der Waals surface area contributed by atoms with Crippen molar-refractivity contribution in [1.29, 1.82) is 0 Å². The van der Waals surface area contributed by atoms with E-state index in [1.165, 1.54) is 24.3 Å². The number of aliphatic hydroxyl groups excluding tert-OH is 1. The van der Waals surface area contributed by atoms with E-state index in [0.717, 1.165) is 0 Å². The molecule has 0 aliphatic carbocycles. The first-order valence-corrected chi connectivity index (χ1v) is 4.98. The van der Waals surface area contributed by atoms with Gasteiger partial charge >= 0.3 is 0 Å². The van der Waals surface area contributed by atoms with Crippen molar-refractivity contribution in [3.8, 4) is 11.5 Å². The summed E-state index contributed by atoms with van der Waals surface area (Å²) in [4.78, 5) is 0. The summed E-state index contributed by atoms with van der Waals surface area (Å²) in [6.07, 6.45) is 1.19. The molecule has 0 unspecified atom stereocenters. The zero-order valence-corrected chi connectivity index (χ0v) is 9.74. The largest absolute Gasteiger partial charge is 0.508 e. The molecule has 90 valence electrons. The molecular formula is C12H12ClNO3. The molecule has 0 bridgehead atoms. The molecule has 0 radical (unpaired) electrons. The second kappa shape index (κ2) is 5.32. The standard InChI is InChI=1S/C12H12ClNO3/c1-7(15)5-11(8(2)13)17-12-6-9(16)3-4-10(12)14/h3-6,15-16H,1-2,14H2/b11-5+. The summed E-state index contributed by atoms with van der Waals surface area (Å²) in [7, 11) is 0. The van der Waals surface area contributed by atoms with E-state index in [4.69, 9.17) is 27.2 Å². The van der Waals surface area contributed by atoms with Crippen molar-refractivity contribution in [2.75, 3.05) is 5.73 Å². The van der Waals surface area contributed by atoms with Crippen LogP contribution in [0.2, 0.25) is 0 Å². The molecule has 4 nitrogen and oxygen atoms in total. The van der Waals surface area contributed by atoms with Crippen LogP contribution in [0.5, 0.6) is 11.5 Å². The number of phenols is 1. The summed E-state index contributed by atoms with van der Waals surface area (Å²) in [5.74, 6) is 0.0628. The Balaban J connectivity index is 3.06. The first kappa shape index (κ1) is 13.0. The number of halogens is 1. The van der Waals surface area contributed by atoms with Crippen LogP contribution in [0, 0.1) is 0 Å². The minimum Gasteiger partial charge on any atom is -0.508 e. The molecule has 0 heterocycles. The van der Waals surface area contributed by atoms with Crippen LogP contribution in [0.1, 0.15) is 0 Å². The maximum atomic E-state index is 9.29. The van der Waals surface area contributed by atoms with E-state index >= 15 is 0 Å². The molecule has 0 fully saturated rings. The summed E-state index contributed by atoms with van der Waals surface area (Å²) in [6.45, 7) is 6.75. The van der Waals surface area contributed by atoms with Crippen LogP contribution in [0.4, 0.5) is 5.69 Å². The number of nitrogen functional groups attached to an aromatic ring is 1. The first-order chi connectivity index (χ1) is 7.90. The smallest absolute Gasteiger partial charge is 0.154 e. The van der Waals surface area contributed by atoms with Gasteiger partial charge in [0.1, 0.15) is 17.3 Å². The monoisotopic (exact) mass is 253 g/mol. The van der Waals surface area contributed by atoms with Gasteiger partial charge in [-0.2, -0.15) is 0 Å². The highest BCUT2D eigenvalue weighted by atomic mass is 35.5. The molecule has 0 amide bonds. The number of phenolic OH excluding ortho intramolecular Hbond substituents is 1. The van der Waals surface area contributed by atoms with Gasteiger partial charge in [-0.15, -0.1) is 0 Å². The van der Waals surface area contributed by atoms with Gasteiger partial charge in [-0.3, -0.25) is 0 Å². The Morgan fingerprint density at radius 2 is 2.06 bits per heavy atom. The number of benzene rings is 1. The van der Waals surface area contributed by atoms with Gasteiger partial charge in [0.2, 0.25) is 0 Å². The van der Waals surface area contributed by atoms with Crippen molar-refractivity contribution in [1.82, 2.24) is 0 Å². The maximum Gasteiger partial charge on any atom is 0.154 e. The summed E-state index contributed by atoms with van der Waals surface area (Å²) >= 11 is 5.69. The lowest BCUT2D eigenvalue weighted by molar-refractivity contribution is 0.410. The van der Waals surface area contributed by atoms with E-state index in [-0.39, 0.29) is 28.0 Å². The van der Waals surface area contributed by atoms with Gasteiger partial charge in [-0.05, 0) is 12.1 Å². The Hall–Kier alpha value is -2.07. The number of hydrogen-bond donors (Lipinski definition) is 3. The van der Waals surface area contributed by atoms with E-state index in [1.807, 2.05) is 0 Å². The third kappa shape index (κ3) is 3.77. The average Bonchev–Trinajstić information content (AvgIpc) is 2.21. The predicted octanol–water partition coefficient (Wildman–Crippen LogP) is 3.06. The Bertz CT molecular complexity index is 495. The van der Waals surface area contributed by atoms with Crippen LogP contribution in [-0.2, 0) is 0 Å². The lowest BCUT2D eigenvalue weighted by Crippen LogP contribution is -1.99. The van der Waals surface area contributed by atoms with Gasteiger partial charge in [0.25, 0.3) is 0 Å². The molecule has 0 saturated carbocycles. The molecule has 1 rings (SSSR count). The summed E-state index contributed by atoms with van der Waals surface area (Å²) in [5, 5.41) is 18.4. The van der Waals surface area contributed by atoms with E-state index in [9.17, 15) is 5.11 Å². The van der Waals surface area contributed by atoms with Crippen LogP contribution in [0.3, 0.4) is 0 Å². The lowest BCUT2D eigenvalue weighted by Gasteiger charge is -2.11. The van der Waals surface area contributed by atoms with E-state index in [1.54, 1.807) is 0 Å². The molecular weight excluding hydrogens is 242 g/mol. The third-order valence-corrected chi connectivity index (χ3v) is 1.97. The number of anilines is 1. The zero-order chi connectivity index (χ0) is 13.0. The molecule has 0 spiro atoms. The molecule has 0 aliphatic rings. The van der Waals surface area contributed by atoms with Crippen LogP contribution in [-0.4, -0.2) is 10.2 Å². The zero-order valence-electron chi connectivity index (χ0n) is 8.98. The van der Waals surface area contributed by atoms with Crippen molar-refractivity contribution in [3.05, 3.63) is 54.0 Å². The third-order valence-electron chi connectivity index (χ3n) is 1.78. The fourth-order valence-corrected chi connectivity index (χ4v) is 1.14. The number of ether oxygens (including phenoxy) is 1. The summed E-state index contributed by atoms with van der Waals surface area (Å²) < 4.78 is 5.32. The molecule has 0 atom stereocenters. The van der Waals surface area contributed by atoms with Crippen molar-refractivity contribution >= 4 is 17.3 Å². The van der Waals surface area contributed by atoms with Gasteiger partial charge in [-0.25, -0.2) is 0 Å². The molecule has 4 N–H and O–H groups in total. The number of rotatable bonds is 4. The summed E-state index contributed by atoms with van der Waals surface area (Å²) in [5.41, 5.74) is 5.96. The Morgan fingerprint density at radius 1 is 1.41 bits per heavy atom. The SMILES string of the molecule is C=C(O)/C=C(/Oc1cc(O)ccc1N)C(=C)Cl. The van der Waals surface area contributed by atoms with E-state index in [2.05, 4.69) is 13.2 Å². The first-order valence-electron chi connectivity index (χ1n) is 4.61. The number of nitrogens with two attached hydrogens (primary N) is 1. The van der Waals surface area contributed by atoms with Crippen LogP contribution < -0.4 is 10.5 Å². The number of allylic oxidation sites excluding steroid dienone is 2. The van der Waals surface area contributed by atoms with Crippen molar-refractivity contribution in [2.24, 2.45) is 0 Å². The minimum atomic E-state index is -0.236. The minimum absolute atomic E-state index is 0.00319. The number of aliphatic hydroxyl groups is 1. The van der Waals surface area contributed by atoms with Crippen molar-refractivity contribution < 1.29 is 14.9 Å². The van der Waals surface area contributed by atoms with Crippen LogP contribution in [0.15, 0.2) is 54.0 Å². The Kier molecular flexibility index (Phi) is 4.06. The number of aromatic hydroxyl groups is 1. The second-order valence-corrected chi connectivity index (χ2v) is 3.69. The fraction of sp³-hybridized carbons (Fsp3) is 0. The molecule has 17 heavy (non-hydrogen) atoms. The Labute approximate surface area is 104 Å². The fourth-order valence-electron chi connectivity index (χ4n) is 1.04. The lowest BCUT2D eigenvalue weighted by atomic mass is 10.3. The predicted molar refractivity (Wildman–Crippen MR) is 68.0 cm³/mol. The highest BCUT2D eigenvalue weighted by Gasteiger charge is 2.08. The molecule has 0 saturated heterocycles. The van der Waals surface area contributed by atoms with Gasteiger partial charge in [0, 0.05) is 12.1 Å². The van der Waals surface area contributed by atoms with Gasteiger partial charge in [-0.1, -0.05) is 24.8 Å². The molecule has 0 aromatic heterocycles. The average molecular weight is 254 g/mol. The highest BCUT2D eigenvalue weighted by Crippen LogP contribution is 2.29. The van der Waals surface area contributed by atoms with E-state index < -0.39 is 0 Å². The molecule has 5 heteroatoms. The van der Waals surface area contributed by atoms with Gasteiger partial charge < -0.3 is 20.7 Å². The van der Waals surface area contributed by atoms with Crippen LogP contribution >= 0.6 is 11.6 Å². The van der Waals surface area contributed by atoms with Crippen molar-refractivity contribution in [3.63, 3.8) is 0 Å². The van der Waals surface area contributed by atoms with Crippen LogP contribution in [0.25, 0.3) is 0 Å².